The second-order valence-electron chi connectivity index (χ2n) is 6.64. The van der Waals surface area contributed by atoms with Crippen LogP contribution < -0.4 is 10.5 Å². The zero-order valence-electron chi connectivity index (χ0n) is 14.6. The monoisotopic (exact) mass is 369 g/mol. The van der Waals surface area contributed by atoms with E-state index in [1.807, 2.05) is 18.2 Å². The molecule has 1 aromatic heterocycles. The highest BCUT2D eigenvalue weighted by molar-refractivity contribution is 7.17. The minimum atomic E-state index is -0.311. The van der Waals surface area contributed by atoms with Crippen molar-refractivity contribution >= 4 is 27.3 Å². The highest BCUT2D eigenvalue weighted by atomic mass is 32.1. The minimum Gasteiger partial charge on any atom is -0.504 e. The Morgan fingerprint density at radius 2 is 2.15 bits per heavy atom. The van der Waals surface area contributed by atoms with E-state index in [2.05, 4.69) is 23.2 Å². The van der Waals surface area contributed by atoms with Crippen LogP contribution in [0.5, 0.6) is 11.5 Å². The Hall–Kier alpha value is -2.57. The first-order chi connectivity index (χ1) is 12.5. The standard InChI is InChI=1S/C20H20N2O3S/c1-12(21)20(24)22-6-7-25-19-14(10-22)8-13(9-17(19)23)16-11-26-18-5-3-2-4-15(16)18/h2-5,8-9,11-12,23H,6-7,10,21H2,1H3/p+1. The largest absolute Gasteiger partial charge is 0.504 e. The van der Waals surface area contributed by atoms with Gasteiger partial charge < -0.3 is 20.5 Å². The average molecular weight is 369 g/mol. The lowest BCUT2D eigenvalue weighted by Crippen LogP contribution is -2.66. The van der Waals surface area contributed by atoms with Crippen LogP contribution in [0.4, 0.5) is 0 Å². The van der Waals surface area contributed by atoms with Crippen LogP contribution in [0.2, 0.25) is 0 Å². The third-order valence-electron chi connectivity index (χ3n) is 4.64. The normalized spacial score (nSPS) is 15.2. The molecule has 4 N–H and O–H groups in total. The summed E-state index contributed by atoms with van der Waals surface area (Å²) >= 11 is 1.68. The lowest BCUT2D eigenvalue weighted by molar-refractivity contribution is -0.400. The van der Waals surface area contributed by atoms with Crippen LogP contribution in [-0.4, -0.2) is 35.1 Å². The van der Waals surface area contributed by atoms with E-state index < -0.39 is 0 Å². The van der Waals surface area contributed by atoms with Gasteiger partial charge in [-0.2, -0.15) is 0 Å². The lowest BCUT2D eigenvalue weighted by Gasteiger charge is -2.20. The molecule has 0 spiro atoms. The SMILES string of the molecule is CC([NH3+])C(=O)N1CCOc2c(O)cc(-c3csc4ccccc34)cc2C1. The molecule has 1 aliphatic rings. The van der Waals surface area contributed by atoms with Crippen LogP contribution in [0, 0.1) is 0 Å². The molecule has 1 atom stereocenters. The fraction of sp³-hybridized carbons (Fsp3) is 0.250. The van der Waals surface area contributed by atoms with Crippen molar-refractivity contribution in [1.82, 2.24) is 4.90 Å². The molecule has 0 aliphatic carbocycles. The van der Waals surface area contributed by atoms with Gasteiger partial charge in [0.2, 0.25) is 0 Å². The highest BCUT2D eigenvalue weighted by Gasteiger charge is 2.26. The maximum Gasteiger partial charge on any atom is 0.280 e. The maximum absolute atomic E-state index is 12.4. The summed E-state index contributed by atoms with van der Waals surface area (Å²) in [4.78, 5) is 14.1. The fourth-order valence-electron chi connectivity index (χ4n) is 3.36. The van der Waals surface area contributed by atoms with Crippen molar-refractivity contribution in [2.45, 2.75) is 19.5 Å². The Labute approximate surface area is 155 Å². The number of ether oxygens (including phenoxy) is 1. The Balaban J connectivity index is 1.78. The van der Waals surface area contributed by atoms with Gasteiger partial charge >= 0.3 is 0 Å². The first-order valence-electron chi connectivity index (χ1n) is 8.61. The number of carbonyl (C=O) groups excluding carboxylic acids is 1. The summed E-state index contributed by atoms with van der Waals surface area (Å²) in [5.74, 6) is 0.581. The number of aromatic hydroxyl groups is 1. The number of phenolic OH excluding ortho intramolecular Hbond substituents is 1. The number of carbonyl (C=O) groups is 1. The predicted octanol–water partition coefficient (Wildman–Crippen LogP) is 2.63. The molecule has 0 bridgehead atoms. The summed E-state index contributed by atoms with van der Waals surface area (Å²) in [6, 6.07) is 11.7. The van der Waals surface area contributed by atoms with E-state index in [0.717, 1.165) is 22.1 Å². The van der Waals surface area contributed by atoms with Gasteiger partial charge in [-0.15, -0.1) is 11.3 Å². The number of benzene rings is 2. The number of fused-ring (bicyclic) bond motifs is 2. The molecule has 3 aromatic rings. The summed E-state index contributed by atoms with van der Waals surface area (Å²) in [6.07, 6.45) is 0. The zero-order chi connectivity index (χ0) is 18.3. The summed E-state index contributed by atoms with van der Waals surface area (Å²) in [5.41, 5.74) is 6.66. The van der Waals surface area contributed by atoms with E-state index in [1.54, 1.807) is 29.2 Å². The van der Waals surface area contributed by atoms with Gasteiger partial charge in [-0.05, 0) is 36.1 Å². The van der Waals surface area contributed by atoms with Crippen molar-refractivity contribution in [3.05, 3.63) is 47.3 Å². The van der Waals surface area contributed by atoms with Crippen molar-refractivity contribution in [3.63, 3.8) is 0 Å². The average Bonchev–Trinajstić information content (AvgIpc) is 2.93. The summed E-state index contributed by atoms with van der Waals surface area (Å²) in [6.45, 7) is 3.06. The van der Waals surface area contributed by atoms with Crippen molar-refractivity contribution in [1.29, 1.82) is 0 Å². The molecule has 4 rings (SSSR count). The van der Waals surface area contributed by atoms with Gasteiger partial charge in [0, 0.05) is 27.8 Å². The van der Waals surface area contributed by atoms with E-state index in [1.165, 1.54) is 4.70 Å². The predicted molar refractivity (Wildman–Crippen MR) is 102 cm³/mol. The Morgan fingerprint density at radius 3 is 2.96 bits per heavy atom. The Bertz CT molecular complexity index is 980. The van der Waals surface area contributed by atoms with E-state index in [0.29, 0.717) is 25.4 Å². The Morgan fingerprint density at radius 1 is 1.35 bits per heavy atom. The molecular weight excluding hydrogens is 348 g/mol. The molecule has 1 amide bonds. The van der Waals surface area contributed by atoms with Crippen LogP contribution in [0.15, 0.2) is 41.8 Å². The van der Waals surface area contributed by atoms with Gasteiger partial charge in [0.25, 0.3) is 5.91 Å². The minimum absolute atomic E-state index is 0.00711. The number of rotatable bonds is 2. The Kier molecular flexibility index (Phi) is 4.30. The van der Waals surface area contributed by atoms with Crippen LogP contribution >= 0.6 is 11.3 Å². The molecule has 26 heavy (non-hydrogen) atoms. The number of phenols is 1. The smallest absolute Gasteiger partial charge is 0.280 e. The molecule has 134 valence electrons. The summed E-state index contributed by atoms with van der Waals surface area (Å²) in [7, 11) is 0. The van der Waals surface area contributed by atoms with Crippen LogP contribution in [0.1, 0.15) is 12.5 Å². The third kappa shape index (κ3) is 2.91. The second kappa shape index (κ2) is 6.63. The van der Waals surface area contributed by atoms with E-state index in [4.69, 9.17) is 4.74 Å². The summed E-state index contributed by atoms with van der Waals surface area (Å²) < 4.78 is 6.94. The van der Waals surface area contributed by atoms with E-state index >= 15 is 0 Å². The first kappa shape index (κ1) is 16.9. The number of hydrogen-bond donors (Lipinski definition) is 2. The maximum atomic E-state index is 12.4. The van der Waals surface area contributed by atoms with E-state index in [9.17, 15) is 9.90 Å². The highest BCUT2D eigenvalue weighted by Crippen LogP contribution is 2.41. The zero-order valence-corrected chi connectivity index (χ0v) is 15.4. The molecule has 0 saturated carbocycles. The second-order valence-corrected chi connectivity index (χ2v) is 7.55. The van der Waals surface area contributed by atoms with E-state index in [-0.39, 0.29) is 17.7 Å². The molecule has 1 unspecified atom stereocenters. The van der Waals surface area contributed by atoms with Gasteiger partial charge in [0.1, 0.15) is 6.61 Å². The van der Waals surface area contributed by atoms with Crippen molar-refractivity contribution in [3.8, 4) is 22.6 Å². The van der Waals surface area contributed by atoms with Gasteiger partial charge in [0.15, 0.2) is 17.5 Å². The number of thiophene rings is 1. The van der Waals surface area contributed by atoms with Crippen LogP contribution in [0.3, 0.4) is 0 Å². The number of quaternary nitrogens is 1. The van der Waals surface area contributed by atoms with Gasteiger partial charge in [-0.3, -0.25) is 4.79 Å². The van der Waals surface area contributed by atoms with Gasteiger partial charge in [-0.1, -0.05) is 18.2 Å². The third-order valence-corrected chi connectivity index (χ3v) is 5.60. The van der Waals surface area contributed by atoms with Crippen molar-refractivity contribution in [2.24, 2.45) is 0 Å². The molecule has 0 saturated heterocycles. The van der Waals surface area contributed by atoms with Crippen LogP contribution in [-0.2, 0) is 11.3 Å². The molecule has 2 heterocycles. The quantitative estimate of drug-likeness (QED) is 0.729. The number of hydrogen-bond acceptors (Lipinski definition) is 4. The molecule has 6 heteroatoms. The van der Waals surface area contributed by atoms with Crippen LogP contribution in [0.25, 0.3) is 21.2 Å². The molecule has 5 nitrogen and oxygen atoms in total. The summed E-state index contributed by atoms with van der Waals surface area (Å²) in [5, 5.41) is 13.8. The fourth-order valence-corrected chi connectivity index (χ4v) is 4.33. The number of nitrogens with zero attached hydrogens (tertiary/aromatic N) is 1. The topological polar surface area (TPSA) is 77.4 Å². The number of amides is 1. The molecule has 0 radical (unpaired) electrons. The molecular formula is C20H21N2O3S+. The van der Waals surface area contributed by atoms with Crippen molar-refractivity contribution < 1.29 is 20.4 Å². The first-order valence-corrected chi connectivity index (χ1v) is 9.49. The van der Waals surface area contributed by atoms with Gasteiger partial charge in [0.05, 0.1) is 6.54 Å². The molecule has 1 aliphatic heterocycles. The lowest BCUT2D eigenvalue weighted by atomic mass is 10.0. The molecule has 0 fully saturated rings. The molecule has 2 aromatic carbocycles. The van der Waals surface area contributed by atoms with Gasteiger partial charge in [-0.25, -0.2) is 0 Å². The van der Waals surface area contributed by atoms with Crippen molar-refractivity contribution in [2.75, 3.05) is 13.2 Å².